The number of carbonyl (C=O) groups is 1. The van der Waals surface area contributed by atoms with E-state index in [1.165, 1.54) is 11.3 Å². The third-order valence-corrected chi connectivity index (χ3v) is 3.88. The Bertz CT molecular complexity index is 411. The lowest BCUT2D eigenvalue weighted by atomic mass is 10.2. The van der Waals surface area contributed by atoms with Crippen LogP contribution in [0.25, 0.3) is 0 Å². The summed E-state index contributed by atoms with van der Waals surface area (Å²) in [7, 11) is 1.60. The number of nitrogens with zero attached hydrogens (tertiary/aromatic N) is 2. The fourth-order valence-electron chi connectivity index (χ4n) is 2.15. The molecule has 0 aromatic carbocycles. The van der Waals surface area contributed by atoms with Crippen LogP contribution in [-0.4, -0.2) is 43.7 Å². The highest BCUT2D eigenvalue weighted by molar-refractivity contribution is 7.17. The summed E-state index contributed by atoms with van der Waals surface area (Å²) < 4.78 is 10.7. The van der Waals surface area contributed by atoms with Crippen LogP contribution in [0, 0.1) is 0 Å². The van der Waals surface area contributed by atoms with E-state index < -0.39 is 0 Å². The molecule has 1 aromatic rings. The highest BCUT2D eigenvalue weighted by atomic mass is 32.1. The first-order chi connectivity index (χ1) is 8.63. The van der Waals surface area contributed by atoms with E-state index in [1.54, 1.807) is 7.11 Å². The molecule has 0 spiro atoms. The lowest BCUT2D eigenvalue weighted by molar-refractivity contribution is -0.00524. The Labute approximate surface area is 111 Å². The minimum absolute atomic E-state index is 0.184. The Hall–Kier alpha value is -0.980. The number of ether oxygens (including phenoxy) is 2. The van der Waals surface area contributed by atoms with Crippen molar-refractivity contribution in [2.45, 2.75) is 32.7 Å². The van der Waals surface area contributed by atoms with Gasteiger partial charge < -0.3 is 14.4 Å². The summed E-state index contributed by atoms with van der Waals surface area (Å²) in [5.74, 6) is 0. The van der Waals surface area contributed by atoms with Gasteiger partial charge in [0, 0.05) is 20.2 Å². The Balaban J connectivity index is 2.19. The van der Waals surface area contributed by atoms with Crippen LogP contribution in [-0.2, 0) is 16.1 Å². The number of aromatic nitrogens is 1. The molecule has 1 saturated heterocycles. The van der Waals surface area contributed by atoms with E-state index in [-0.39, 0.29) is 12.2 Å². The molecule has 2 heterocycles. The standard InChI is InChI=1S/C12H18N2O3S/c1-8-4-14(5-9(2)17-8)12-13-10(7-16-3)11(6-15)18-12/h6,8-9H,4-5,7H2,1-3H3/t8-,9+. The summed E-state index contributed by atoms with van der Waals surface area (Å²) in [6.07, 6.45) is 1.22. The van der Waals surface area contributed by atoms with Crippen LogP contribution in [0.3, 0.4) is 0 Å². The maximum absolute atomic E-state index is 11.0. The maximum atomic E-state index is 11.0. The van der Waals surface area contributed by atoms with Gasteiger partial charge in [0.05, 0.1) is 29.4 Å². The number of aldehydes is 1. The molecule has 0 amide bonds. The van der Waals surface area contributed by atoms with E-state index in [0.29, 0.717) is 11.5 Å². The predicted molar refractivity (Wildman–Crippen MR) is 70.4 cm³/mol. The van der Waals surface area contributed by atoms with Gasteiger partial charge in [0.15, 0.2) is 11.4 Å². The molecule has 6 heteroatoms. The summed E-state index contributed by atoms with van der Waals surface area (Å²) >= 11 is 1.42. The van der Waals surface area contributed by atoms with Crippen molar-refractivity contribution in [2.75, 3.05) is 25.1 Å². The van der Waals surface area contributed by atoms with Gasteiger partial charge >= 0.3 is 0 Å². The molecule has 1 aromatic heterocycles. The van der Waals surface area contributed by atoms with Crippen molar-refractivity contribution in [3.8, 4) is 0 Å². The number of anilines is 1. The van der Waals surface area contributed by atoms with Gasteiger partial charge in [-0.25, -0.2) is 4.98 Å². The molecule has 18 heavy (non-hydrogen) atoms. The number of carbonyl (C=O) groups excluding carboxylic acids is 1. The number of thiazole rings is 1. The first-order valence-corrected chi connectivity index (χ1v) is 6.80. The lowest BCUT2D eigenvalue weighted by Gasteiger charge is -2.35. The fraction of sp³-hybridized carbons (Fsp3) is 0.667. The topological polar surface area (TPSA) is 51.7 Å². The van der Waals surface area contributed by atoms with E-state index in [2.05, 4.69) is 9.88 Å². The third kappa shape index (κ3) is 2.88. The zero-order valence-corrected chi connectivity index (χ0v) is 11.7. The Kier molecular flexibility index (Phi) is 4.31. The van der Waals surface area contributed by atoms with Crippen LogP contribution >= 0.6 is 11.3 Å². The number of hydrogen-bond donors (Lipinski definition) is 0. The highest BCUT2D eigenvalue weighted by Crippen LogP contribution is 2.28. The maximum Gasteiger partial charge on any atom is 0.186 e. The monoisotopic (exact) mass is 270 g/mol. The summed E-state index contributed by atoms with van der Waals surface area (Å²) in [5.41, 5.74) is 0.722. The second kappa shape index (κ2) is 5.77. The number of morpholine rings is 1. The van der Waals surface area contributed by atoms with Gasteiger partial charge in [-0.05, 0) is 13.8 Å². The molecule has 2 atom stereocenters. The Morgan fingerprint density at radius 2 is 2.17 bits per heavy atom. The number of methoxy groups -OCH3 is 1. The smallest absolute Gasteiger partial charge is 0.186 e. The van der Waals surface area contributed by atoms with Crippen molar-refractivity contribution in [1.29, 1.82) is 0 Å². The molecule has 100 valence electrons. The molecule has 0 radical (unpaired) electrons. The van der Waals surface area contributed by atoms with Crippen molar-refractivity contribution >= 4 is 22.8 Å². The second-order valence-electron chi connectivity index (χ2n) is 4.52. The van der Waals surface area contributed by atoms with E-state index in [4.69, 9.17) is 9.47 Å². The lowest BCUT2D eigenvalue weighted by Crippen LogP contribution is -2.45. The molecule has 5 nitrogen and oxygen atoms in total. The van der Waals surface area contributed by atoms with E-state index in [0.717, 1.165) is 30.2 Å². The average Bonchev–Trinajstić information content (AvgIpc) is 2.71. The Morgan fingerprint density at radius 3 is 2.72 bits per heavy atom. The predicted octanol–water partition coefficient (Wildman–Crippen LogP) is 1.72. The van der Waals surface area contributed by atoms with Crippen LogP contribution in [0.4, 0.5) is 5.13 Å². The SMILES string of the molecule is COCc1nc(N2C[C@@H](C)O[C@@H](C)C2)sc1C=O. The molecule has 0 aliphatic carbocycles. The zero-order chi connectivity index (χ0) is 13.1. The molecule has 1 fully saturated rings. The molecular formula is C12H18N2O3S. The molecule has 0 N–H and O–H groups in total. The number of rotatable bonds is 4. The van der Waals surface area contributed by atoms with Crippen LogP contribution in [0.15, 0.2) is 0 Å². The third-order valence-electron chi connectivity index (χ3n) is 2.79. The highest BCUT2D eigenvalue weighted by Gasteiger charge is 2.25. The normalized spacial score (nSPS) is 24.3. The van der Waals surface area contributed by atoms with Crippen molar-refractivity contribution in [2.24, 2.45) is 0 Å². The summed E-state index contributed by atoms with van der Waals surface area (Å²) in [4.78, 5) is 18.3. The average molecular weight is 270 g/mol. The largest absolute Gasteiger partial charge is 0.378 e. The van der Waals surface area contributed by atoms with Gasteiger partial charge in [-0.2, -0.15) is 0 Å². The quantitative estimate of drug-likeness (QED) is 0.780. The van der Waals surface area contributed by atoms with Gasteiger partial charge in [0.1, 0.15) is 0 Å². The first-order valence-electron chi connectivity index (χ1n) is 5.98. The van der Waals surface area contributed by atoms with E-state index in [9.17, 15) is 4.79 Å². The van der Waals surface area contributed by atoms with Crippen LogP contribution < -0.4 is 4.90 Å². The number of hydrogen-bond acceptors (Lipinski definition) is 6. The fourth-order valence-corrected chi connectivity index (χ4v) is 3.05. The van der Waals surface area contributed by atoms with Crippen LogP contribution in [0.5, 0.6) is 0 Å². The molecule has 1 aliphatic heterocycles. The van der Waals surface area contributed by atoms with Crippen molar-refractivity contribution in [1.82, 2.24) is 4.98 Å². The molecule has 2 rings (SSSR count). The summed E-state index contributed by atoms with van der Waals surface area (Å²) in [6.45, 7) is 6.09. The zero-order valence-electron chi connectivity index (χ0n) is 10.9. The minimum atomic E-state index is 0.184. The molecule has 1 aliphatic rings. The van der Waals surface area contributed by atoms with Crippen LogP contribution in [0.2, 0.25) is 0 Å². The van der Waals surface area contributed by atoms with Crippen molar-refractivity contribution in [3.63, 3.8) is 0 Å². The van der Waals surface area contributed by atoms with E-state index >= 15 is 0 Å². The first kappa shape index (κ1) is 13.5. The van der Waals surface area contributed by atoms with Crippen molar-refractivity contribution < 1.29 is 14.3 Å². The van der Waals surface area contributed by atoms with Crippen LogP contribution in [0.1, 0.15) is 29.2 Å². The van der Waals surface area contributed by atoms with Gasteiger partial charge in [-0.15, -0.1) is 0 Å². The molecule has 0 saturated carbocycles. The second-order valence-corrected chi connectivity index (χ2v) is 5.53. The Morgan fingerprint density at radius 1 is 1.50 bits per heavy atom. The minimum Gasteiger partial charge on any atom is -0.378 e. The van der Waals surface area contributed by atoms with Gasteiger partial charge in [-0.1, -0.05) is 11.3 Å². The van der Waals surface area contributed by atoms with E-state index in [1.807, 2.05) is 13.8 Å². The summed E-state index contributed by atoms with van der Waals surface area (Å²) in [6, 6.07) is 0. The molecular weight excluding hydrogens is 252 g/mol. The van der Waals surface area contributed by atoms with Crippen molar-refractivity contribution in [3.05, 3.63) is 10.6 Å². The van der Waals surface area contributed by atoms with Gasteiger partial charge in [0.25, 0.3) is 0 Å². The molecule has 0 unspecified atom stereocenters. The molecule has 0 bridgehead atoms. The van der Waals surface area contributed by atoms with Gasteiger partial charge in [0.2, 0.25) is 0 Å². The van der Waals surface area contributed by atoms with Gasteiger partial charge in [-0.3, -0.25) is 4.79 Å². The summed E-state index contributed by atoms with van der Waals surface area (Å²) in [5, 5.41) is 0.881.